The predicted octanol–water partition coefficient (Wildman–Crippen LogP) is 3.21. The van der Waals surface area contributed by atoms with Gasteiger partial charge in [0.1, 0.15) is 0 Å². The number of aryl methyl sites for hydroxylation is 1. The summed E-state index contributed by atoms with van der Waals surface area (Å²) in [4.78, 5) is 0. The summed E-state index contributed by atoms with van der Waals surface area (Å²) in [6.07, 6.45) is 7.11. The highest BCUT2D eigenvalue weighted by Gasteiger charge is 2.23. The van der Waals surface area contributed by atoms with Crippen molar-refractivity contribution in [3.05, 3.63) is 18.0 Å². The first-order valence-corrected chi connectivity index (χ1v) is 7.43. The Morgan fingerprint density at radius 1 is 1.28 bits per heavy atom. The average Bonchev–Trinajstić information content (AvgIpc) is 2.73. The first-order valence-electron chi connectivity index (χ1n) is 7.43. The normalized spacial score (nSPS) is 28.5. The Hall–Kier alpha value is -0.830. The lowest BCUT2D eigenvalue weighted by Crippen LogP contribution is -2.36. The second kappa shape index (κ2) is 6.37. The Bertz CT molecular complexity index is 348. The molecule has 102 valence electrons. The number of rotatable bonds is 5. The van der Waals surface area contributed by atoms with Crippen LogP contribution in [-0.2, 0) is 13.1 Å². The maximum Gasteiger partial charge on any atom is 0.0522 e. The third kappa shape index (κ3) is 3.58. The fourth-order valence-electron chi connectivity index (χ4n) is 3.29. The van der Waals surface area contributed by atoms with Crippen molar-refractivity contribution in [3.63, 3.8) is 0 Å². The molecule has 0 spiro atoms. The number of nitrogens with one attached hydrogen (secondary N) is 1. The molecule has 3 nitrogen and oxygen atoms in total. The van der Waals surface area contributed by atoms with Crippen LogP contribution in [0.5, 0.6) is 0 Å². The molecule has 0 amide bonds. The van der Waals surface area contributed by atoms with E-state index in [2.05, 4.69) is 41.9 Å². The summed E-state index contributed by atoms with van der Waals surface area (Å²) in [7, 11) is 0. The number of nitrogens with zero attached hydrogens (tertiary/aromatic N) is 2. The van der Waals surface area contributed by atoms with E-state index in [1.807, 2.05) is 6.20 Å². The largest absolute Gasteiger partial charge is 0.308 e. The minimum Gasteiger partial charge on any atom is -0.308 e. The molecule has 1 fully saturated rings. The molecule has 2 atom stereocenters. The van der Waals surface area contributed by atoms with E-state index in [1.54, 1.807) is 0 Å². The molecule has 2 unspecified atom stereocenters. The summed E-state index contributed by atoms with van der Waals surface area (Å²) >= 11 is 0. The van der Waals surface area contributed by atoms with Crippen LogP contribution in [0.1, 0.15) is 52.1 Å². The van der Waals surface area contributed by atoms with E-state index in [1.165, 1.54) is 25.0 Å². The second-order valence-corrected chi connectivity index (χ2v) is 6.04. The Balaban J connectivity index is 1.85. The SMILES string of the molecule is CCCn1nccc1CNC1CC(C)CC(C)C1. The zero-order valence-corrected chi connectivity index (χ0v) is 12.0. The van der Waals surface area contributed by atoms with Crippen LogP contribution in [0, 0.1) is 11.8 Å². The van der Waals surface area contributed by atoms with Gasteiger partial charge in [-0.15, -0.1) is 0 Å². The maximum atomic E-state index is 4.38. The molecule has 2 rings (SSSR count). The minimum absolute atomic E-state index is 0.689. The van der Waals surface area contributed by atoms with Gasteiger partial charge in [0.25, 0.3) is 0 Å². The van der Waals surface area contributed by atoms with Crippen molar-refractivity contribution in [1.29, 1.82) is 0 Å². The van der Waals surface area contributed by atoms with E-state index in [-0.39, 0.29) is 0 Å². The lowest BCUT2D eigenvalue weighted by Gasteiger charge is -2.32. The Labute approximate surface area is 111 Å². The third-order valence-corrected chi connectivity index (χ3v) is 3.99. The molecule has 0 radical (unpaired) electrons. The zero-order valence-electron chi connectivity index (χ0n) is 12.0. The van der Waals surface area contributed by atoms with E-state index < -0.39 is 0 Å². The zero-order chi connectivity index (χ0) is 13.0. The molecule has 0 aromatic carbocycles. The van der Waals surface area contributed by atoms with Crippen LogP contribution >= 0.6 is 0 Å². The average molecular weight is 249 g/mol. The Kier molecular flexibility index (Phi) is 4.81. The lowest BCUT2D eigenvalue weighted by atomic mass is 9.80. The first kappa shape index (κ1) is 13.6. The van der Waals surface area contributed by atoms with Gasteiger partial charge < -0.3 is 5.32 Å². The van der Waals surface area contributed by atoms with Crippen LogP contribution in [0.3, 0.4) is 0 Å². The highest BCUT2D eigenvalue weighted by molar-refractivity contribution is 5.00. The van der Waals surface area contributed by atoms with Crippen molar-refractivity contribution in [2.75, 3.05) is 0 Å². The molecule has 1 aliphatic rings. The smallest absolute Gasteiger partial charge is 0.0522 e. The molecule has 0 aliphatic heterocycles. The van der Waals surface area contributed by atoms with Crippen molar-refractivity contribution < 1.29 is 0 Å². The van der Waals surface area contributed by atoms with E-state index in [0.717, 1.165) is 31.3 Å². The van der Waals surface area contributed by atoms with Gasteiger partial charge in [0.15, 0.2) is 0 Å². The molecule has 1 heterocycles. The van der Waals surface area contributed by atoms with Gasteiger partial charge in [0.05, 0.1) is 5.69 Å². The predicted molar refractivity (Wildman–Crippen MR) is 75.3 cm³/mol. The summed E-state index contributed by atoms with van der Waals surface area (Å²) in [5.74, 6) is 1.73. The fourth-order valence-corrected chi connectivity index (χ4v) is 3.29. The van der Waals surface area contributed by atoms with Crippen molar-refractivity contribution >= 4 is 0 Å². The molecule has 1 aliphatic carbocycles. The van der Waals surface area contributed by atoms with Gasteiger partial charge in [-0.3, -0.25) is 4.68 Å². The van der Waals surface area contributed by atoms with Crippen LogP contribution < -0.4 is 5.32 Å². The molecule has 0 saturated heterocycles. The van der Waals surface area contributed by atoms with E-state index in [9.17, 15) is 0 Å². The summed E-state index contributed by atoms with van der Waals surface area (Å²) in [5.41, 5.74) is 1.32. The van der Waals surface area contributed by atoms with Crippen LogP contribution in [-0.4, -0.2) is 15.8 Å². The van der Waals surface area contributed by atoms with Crippen LogP contribution in [0.4, 0.5) is 0 Å². The minimum atomic E-state index is 0.689. The molecule has 0 bridgehead atoms. The van der Waals surface area contributed by atoms with Crippen molar-refractivity contribution in [3.8, 4) is 0 Å². The summed E-state index contributed by atoms with van der Waals surface area (Å²) in [5, 5.41) is 8.10. The monoisotopic (exact) mass is 249 g/mol. The van der Waals surface area contributed by atoms with E-state index in [4.69, 9.17) is 0 Å². The second-order valence-electron chi connectivity index (χ2n) is 6.04. The van der Waals surface area contributed by atoms with Crippen LogP contribution in [0.2, 0.25) is 0 Å². The number of hydrogen-bond acceptors (Lipinski definition) is 2. The molecule has 1 aromatic rings. The summed E-state index contributed by atoms with van der Waals surface area (Å²) in [6.45, 7) is 8.95. The van der Waals surface area contributed by atoms with E-state index in [0.29, 0.717) is 6.04 Å². The van der Waals surface area contributed by atoms with Crippen molar-refractivity contribution in [2.24, 2.45) is 11.8 Å². The highest BCUT2D eigenvalue weighted by atomic mass is 15.3. The fraction of sp³-hybridized carbons (Fsp3) is 0.800. The molecule has 3 heteroatoms. The molecule has 1 saturated carbocycles. The van der Waals surface area contributed by atoms with Crippen molar-refractivity contribution in [2.45, 2.75) is 65.6 Å². The van der Waals surface area contributed by atoms with E-state index >= 15 is 0 Å². The molecule has 18 heavy (non-hydrogen) atoms. The number of aromatic nitrogens is 2. The Morgan fingerprint density at radius 2 is 2.00 bits per heavy atom. The van der Waals surface area contributed by atoms with Crippen molar-refractivity contribution in [1.82, 2.24) is 15.1 Å². The van der Waals surface area contributed by atoms with Crippen LogP contribution in [0.15, 0.2) is 12.3 Å². The van der Waals surface area contributed by atoms with Gasteiger partial charge in [-0.25, -0.2) is 0 Å². The van der Waals surface area contributed by atoms with Gasteiger partial charge in [0.2, 0.25) is 0 Å². The Morgan fingerprint density at radius 3 is 2.67 bits per heavy atom. The quantitative estimate of drug-likeness (QED) is 0.868. The summed E-state index contributed by atoms with van der Waals surface area (Å²) < 4.78 is 2.13. The maximum absolute atomic E-state index is 4.38. The highest BCUT2D eigenvalue weighted by Crippen LogP contribution is 2.28. The first-order chi connectivity index (χ1) is 8.69. The van der Waals surface area contributed by atoms with Gasteiger partial charge in [-0.1, -0.05) is 20.8 Å². The molecular weight excluding hydrogens is 222 g/mol. The van der Waals surface area contributed by atoms with Crippen LogP contribution in [0.25, 0.3) is 0 Å². The molecule has 1 aromatic heterocycles. The topological polar surface area (TPSA) is 29.9 Å². The summed E-state index contributed by atoms with van der Waals surface area (Å²) in [6, 6.07) is 2.83. The lowest BCUT2D eigenvalue weighted by molar-refractivity contribution is 0.237. The molecular formula is C15H27N3. The number of hydrogen-bond donors (Lipinski definition) is 1. The van der Waals surface area contributed by atoms with Gasteiger partial charge in [-0.05, 0) is 43.6 Å². The third-order valence-electron chi connectivity index (χ3n) is 3.99. The standard InChI is InChI=1S/C15H27N3/c1-4-7-18-15(5-6-17-18)11-16-14-9-12(2)8-13(3)10-14/h5-6,12-14,16H,4,7-11H2,1-3H3. The molecule has 1 N–H and O–H groups in total. The van der Waals surface area contributed by atoms with Gasteiger partial charge in [0, 0.05) is 25.3 Å². The van der Waals surface area contributed by atoms with Gasteiger partial charge in [-0.2, -0.15) is 5.10 Å². The van der Waals surface area contributed by atoms with Gasteiger partial charge >= 0.3 is 0 Å².